The Bertz CT molecular complexity index is 1460. The summed E-state index contributed by atoms with van der Waals surface area (Å²) in [5, 5.41) is 1.42. The molecular weight excluding hydrogens is 396 g/mol. The summed E-state index contributed by atoms with van der Waals surface area (Å²) in [6, 6.07) is 13.6. The van der Waals surface area contributed by atoms with Crippen LogP contribution < -0.4 is 5.56 Å². The van der Waals surface area contributed by atoms with Gasteiger partial charge in [-0.2, -0.15) is 0 Å². The maximum atomic E-state index is 13.6. The molecule has 5 aromatic rings. The van der Waals surface area contributed by atoms with Crippen LogP contribution in [0.1, 0.15) is 17.0 Å². The van der Waals surface area contributed by atoms with Crippen molar-refractivity contribution in [1.29, 1.82) is 0 Å². The van der Waals surface area contributed by atoms with Crippen molar-refractivity contribution in [3.05, 3.63) is 82.4 Å². The van der Waals surface area contributed by atoms with Gasteiger partial charge in [0.15, 0.2) is 5.65 Å². The Balaban J connectivity index is 1.69. The average Bonchev–Trinajstić information content (AvgIpc) is 3.22. The molecule has 0 fully saturated rings. The first-order valence-electron chi connectivity index (χ1n) is 9.47. The molecule has 3 aromatic heterocycles. The SMILES string of the molecule is Cc1ccccc1-n1c(CSc2ncnc3nc[nH]c23)nc2cccc(C)c2c1=O. The fraction of sp³-hybridized carbons (Fsp3) is 0.136. The van der Waals surface area contributed by atoms with E-state index in [1.165, 1.54) is 18.1 Å². The van der Waals surface area contributed by atoms with Crippen molar-refractivity contribution in [2.24, 2.45) is 0 Å². The van der Waals surface area contributed by atoms with Crippen molar-refractivity contribution >= 4 is 33.8 Å². The number of nitrogens with one attached hydrogen (secondary N) is 1. The highest BCUT2D eigenvalue weighted by molar-refractivity contribution is 7.98. The minimum absolute atomic E-state index is 0.0580. The second-order valence-electron chi connectivity index (χ2n) is 6.99. The number of para-hydroxylation sites is 1. The molecule has 8 heteroatoms. The molecule has 30 heavy (non-hydrogen) atoms. The summed E-state index contributed by atoms with van der Waals surface area (Å²) in [7, 11) is 0. The standard InChI is InChI=1S/C22H18N6OS/c1-13-6-3-4-9-16(13)28-17(27-15-8-5-7-14(2)18(15)22(28)29)10-30-21-19-20(24-11-23-19)25-12-26-21/h3-9,11-12H,10H2,1-2H3,(H,23,24,25,26). The summed E-state index contributed by atoms with van der Waals surface area (Å²) in [4.78, 5) is 34.3. The summed E-state index contributed by atoms with van der Waals surface area (Å²) in [6.45, 7) is 3.94. The molecule has 0 atom stereocenters. The van der Waals surface area contributed by atoms with E-state index in [0.29, 0.717) is 28.1 Å². The van der Waals surface area contributed by atoms with Crippen molar-refractivity contribution in [1.82, 2.24) is 29.5 Å². The first-order chi connectivity index (χ1) is 14.6. The topological polar surface area (TPSA) is 89.3 Å². The van der Waals surface area contributed by atoms with Crippen molar-refractivity contribution in [3.63, 3.8) is 0 Å². The number of hydrogen-bond donors (Lipinski definition) is 1. The molecule has 0 aliphatic carbocycles. The summed E-state index contributed by atoms with van der Waals surface area (Å²) in [5.74, 6) is 1.14. The third-order valence-electron chi connectivity index (χ3n) is 5.06. The highest BCUT2D eigenvalue weighted by atomic mass is 32.2. The number of fused-ring (bicyclic) bond motifs is 2. The molecule has 0 aliphatic heterocycles. The first-order valence-corrected chi connectivity index (χ1v) is 10.5. The van der Waals surface area contributed by atoms with E-state index in [0.717, 1.165) is 27.4 Å². The number of H-pyrrole nitrogens is 1. The van der Waals surface area contributed by atoms with E-state index >= 15 is 0 Å². The fourth-order valence-electron chi connectivity index (χ4n) is 3.59. The van der Waals surface area contributed by atoms with Crippen molar-refractivity contribution in [2.75, 3.05) is 0 Å². The normalized spacial score (nSPS) is 11.4. The molecule has 0 unspecified atom stereocenters. The van der Waals surface area contributed by atoms with Crippen LogP contribution in [-0.2, 0) is 5.75 Å². The largest absolute Gasteiger partial charge is 0.341 e. The van der Waals surface area contributed by atoms with E-state index in [-0.39, 0.29) is 5.56 Å². The van der Waals surface area contributed by atoms with Gasteiger partial charge in [0, 0.05) is 0 Å². The molecule has 148 valence electrons. The Kier molecular flexibility index (Phi) is 4.55. The maximum Gasteiger partial charge on any atom is 0.266 e. The molecule has 5 rings (SSSR count). The first kappa shape index (κ1) is 18.5. The number of aromatic amines is 1. The van der Waals surface area contributed by atoms with E-state index in [9.17, 15) is 4.79 Å². The number of benzene rings is 2. The molecule has 0 saturated carbocycles. The fourth-order valence-corrected chi connectivity index (χ4v) is 4.46. The molecule has 0 radical (unpaired) electrons. The molecule has 0 amide bonds. The van der Waals surface area contributed by atoms with Gasteiger partial charge >= 0.3 is 0 Å². The molecule has 0 spiro atoms. The summed E-state index contributed by atoms with van der Waals surface area (Å²) < 4.78 is 1.73. The number of aromatic nitrogens is 6. The monoisotopic (exact) mass is 414 g/mol. The second kappa shape index (κ2) is 7.38. The third-order valence-corrected chi connectivity index (χ3v) is 6.04. The van der Waals surface area contributed by atoms with Crippen LogP contribution in [-0.4, -0.2) is 29.5 Å². The zero-order valence-corrected chi connectivity index (χ0v) is 17.3. The Hall–Kier alpha value is -3.52. The Labute approximate surface area is 176 Å². The predicted molar refractivity (Wildman–Crippen MR) is 118 cm³/mol. The number of hydrogen-bond acceptors (Lipinski definition) is 6. The van der Waals surface area contributed by atoms with Crippen molar-refractivity contribution < 1.29 is 0 Å². The van der Waals surface area contributed by atoms with E-state index < -0.39 is 0 Å². The third kappa shape index (κ3) is 3.05. The van der Waals surface area contributed by atoms with E-state index in [2.05, 4.69) is 19.9 Å². The summed E-state index contributed by atoms with van der Waals surface area (Å²) >= 11 is 1.50. The quantitative estimate of drug-likeness (QED) is 0.354. The van der Waals surface area contributed by atoms with Gasteiger partial charge in [-0.15, -0.1) is 0 Å². The lowest BCUT2D eigenvalue weighted by molar-refractivity contribution is 0.875. The Morgan fingerprint density at radius 1 is 1.00 bits per heavy atom. The molecule has 0 bridgehead atoms. The van der Waals surface area contributed by atoms with E-state index in [1.54, 1.807) is 10.9 Å². The van der Waals surface area contributed by atoms with Gasteiger partial charge in [0.25, 0.3) is 5.56 Å². The van der Waals surface area contributed by atoms with Crippen LogP contribution >= 0.6 is 11.8 Å². The lowest BCUT2D eigenvalue weighted by Crippen LogP contribution is -2.25. The predicted octanol–water partition coefficient (Wildman–Crippen LogP) is 3.96. The van der Waals surface area contributed by atoms with Gasteiger partial charge in [-0.1, -0.05) is 42.1 Å². The van der Waals surface area contributed by atoms with Crippen LogP contribution in [0.2, 0.25) is 0 Å². The summed E-state index contributed by atoms with van der Waals surface area (Å²) in [5.41, 5.74) is 4.81. The van der Waals surface area contributed by atoms with Crippen LogP contribution in [0.5, 0.6) is 0 Å². The number of imidazole rings is 1. The molecule has 3 heterocycles. The molecule has 2 aromatic carbocycles. The van der Waals surface area contributed by atoms with Crippen LogP contribution in [0, 0.1) is 13.8 Å². The van der Waals surface area contributed by atoms with Crippen LogP contribution in [0.4, 0.5) is 0 Å². The van der Waals surface area contributed by atoms with Gasteiger partial charge < -0.3 is 4.98 Å². The van der Waals surface area contributed by atoms with Crippen molar-refractivity contribution in [3.8, 4) is 5.69 Å². The maximum absolute atomic E-state index is 13.6. The average molecular weight is 414 g/mol. The van der Waals surface area contributed by atoms with Crippen LogP contribution in [0.25, 0.3) is 27.8 Å². The number of aryl methyl sites for hydroxylation is 2. The molecular formula is C22H18N6OS. The lowest BCUT2D eigenvalue weighted by atomic mass is 10.1. The second-order valence-corrected chi connectivity index (χ2v) is 7.96. The van der Waals surface area contributed by atoms with Gasteiger partial charge in [0.05, 0.1) is 28.7 Å². The van der Waals surface area contributed by atoms with Gasteiger partial charge in [0.2, 0.25) is 0 Å². The molecule has 0 saturated heterocycles. The van der Waals surface area contributed by atoms with Gasteiger partial charge in [-0.05, 0) is 37.1 Å². The van der Waals surface area contributed by atoms with Crippen molar-refractivity contribution in [2.45, 2.75) is 24.6 Å². The molecule has 7 nitrogen and oxygen atoms in total. The Morgan fingerprint density at radius 2 is 1.83 bits per heavy atom. The van der Waals surface area contributed by atoms with Gasteiger partial charge in [-0.3, -0.25) is 9.36 Å². The van der Waals surface area contributed by atoms with E-state index in [1.807, 2.05) is 56.3 Å². The van der Waals surface area contributed by atoms with Crippen LogP contribution in [0.3, 0.4) is 0 Å². The van der Waals surface area contributed by atoms with Crippen LogP contribution in [0.15, 0.2) is 64.9 Å². The minimum Gasteiger partial charge on any atom is -0.341 e. The highest BCUT2D eigenvalue weighted by Crippen LogP contribution is 2.27. The zero-order valence-electron chi connectivity index (χ0n) is 16.5. The number of nitrogens with zero attached hydrogens (tertiary/aromatic N) is 5. The lowest BCUT2D eigenvalue weighted by Gasteiger charge is -2.16. The smallest absolute Gasteiger partial charge is 0.266 e. The summed E-state index contributed by atoms with van der Waals surface area (Å²) in [6.07, 6.45) is 3.10. The number of thioether (sulfide) groups is 1. The Morgan fingerprint density at radius 3 is 2.70 bits per heavy atom. The van der Waals surface area contributed by atoms with Gasteiger partial charge in [-0.25, -0.2) is 19.9 Å². The van der Waals surface area contributed by atoms with Gasteiger partial charge in [0.1, 0.15) is 22.7 Å². The highest BCUT2D eigenvalue weighted by Gasteiger charge is 2.17. The minimum atomic E-state index is -0.0580. The van der Waals surface area contributed by atoms with E-state index in [4.69, 9.17) is 4.98 Å². The molecule has 0 aliphatic rings. The molecule has 1 N–H and O–H groups in total. The zero-order chi connectivity index (χ0) is 20.7. The number of rotatable bonds is 4.